The van der Waals surface area contributed by atoms with Crippen LogP contribution in [-0.4, -0.2) is 10.2 Å². The summed E-state index contributed by atoms with van der Waals surface area (Å²) in [6.45, 7) is 0. The molecule has 0 saturated heterocycles. The number of aromatic nitrogens is 2. The van der Waals surface area contributed by atoms with E-state index in [9.17, 15) is 0 Å². The number of nitrogens with zero attached hydrogens (tertiary/aromatic N) is 2. The number of halogens is 3. The topological polar surface area (TPSA) is 25.8 Å². The Hall–Kier alpha value is -0.290. The average Bonchev–Trinajstić information content (AvgIpc) is 2.27. The molecule has 0 aliphatic carbocycles. The van der Waals surface area contributed by atoms with Crippen LogP contribution in [0.5, 0.6) is 0 Å². The average molecular weight is 336 g/mol. The van der Waals surface area contributed by atoms with Gasteiger partial charge in [0.1, 0.15) is 0 Å². The van der Waals surface area contributed by atoms with Gasteiger partial charge in [0.25, 0.3) is 0 Å². The van der Waals surface area contributed by atoms with Gasteiger partial charge in [0.2, 0.25) is 0 Å². The standard InChI is InChI=1S/C10H5BrCl2N2S/c11-6-3-1-2-4-7(6)16-8-5-9(12)14-15-10(8)13/h1-5H. The van der Waals surface area contributed by atoms with E-state index in [0.717, 1.165) is 14.3 Å². The number of hydrogen-bond donors (Lipinski definition) is 0. The molecule has 0 atom stereocenters. The number of benzene rings is 1. The summed E-state index contributed by atoms with van der Waals surface area (Å²) in [5.41, 5.74) is 0. The molecule has 0 radical (unpaired) electrons. The van der Waals surface area contributed by atoms with Crippen molar-refractivity contribution in [2.75, 3.05) is 0 Å². The molecule has 0 fully saturated rings. The summed E-state index contributed by atoms with van der Waals surface area (Å²) < 4.78 is 1.00. The molecular formula is C10H5BrCl2N2S. The van der Waals surface area contributed by atoms with Gasteiger partial charge in [-0.05, 0) is 34.1 Å². The molecule has 0 aliphatic heterocycles. The van der Waals surface area contributed by atoms with Crippen molar-refractivity contribution in [3.63, 3.8) is 0 Å². The van der Waals surface area contributed by atoms with E-state index in [1.165, 1.54) is 11.8 Å². The third kappa shape index (κ3) is 2.88. The maximum absolute atomic E-state index is 5.93. The molecule has 2 aromatic rings. The molecule has 1 heterocycles. The Balaban J connectivity index is 2.34. The first-order valence-electron chi connectivity index (χ1n) is 4.28. The Morgan fingerprint density at radius 1 is 1.06 bits per heavy atom. The summed E-state index contributed by atoms with van der Waals surface area (Å²) in [5, 5.41) is 8.10. The van der Waals surface area contributed by atoms with Crippen molar-refractivity contribution in [3.8, 4) is 0 Å². The van der Waals surface area contributed by atoms with E-state index >= 15 is 0 Å². The summed E-state index contributed by atoms with van der Waals surface area (Å²) >= 11 is 16.6. The highest BCUT2D eigenvalue weighted by atomic mass is 79.9. The highest BCUT2D eigenvalue weighted by Gasteiger charge is 2.08. The van der Waals surface area contributed by atoms with Gasteiger partial charge >= 0.3 is 0 Å². The molecule has 0 saturated carbocycles. The summed E-state index contributed by atoms with van der Waals surface area (Å²) in [7, 11) is 0. The zero-order chi connectivity index (χ0) is 11.5. The molecule has 0 bridgehead atoms. The van der Waals surface area contributed by atoms with Gasteiger partial charge in [0.15, 0.2) is 10.3 Å². The molecule has 0 aliphatic rings. The van der Waals surface area contributed by atoms with E-state index in [1.807, 2.05) is 24.3 Å². The first-order chi connectivity index (χ1) is 7.66. The maximum Gasteiger partial charge on any atom is 0.165 e. The second-order valence-electron chi connectivity index (χ2n) is 2.85. The molecule has 0 amide bonds. The zero-order valence-corrected chi connectivity index (χ0v) is 11.7. The van der Waals surface area contributed by atoms with Gasteiger partial charge in [0.05, 0.1) is 4.90 Å². The summed E-state index contributed by atoms with van der Waals surface area (Å²) in [5.74, 6) is 0. The van der Waals surface area contributed by atoms with E-state index in [1.54, 1.807) is 6.07 Å². The Labute approximate surface area is 115 Å². The largest absolute Gasteiger partial charge is 0.165 e. The van der Waals surface area contributed by atoms with E-state index in [-0.39, 0.29) is 0 Å². The first kappa shape index (κ1) is 12.2. The van der Waals surface area contributed by atoms with Crippen molar-refractivity contribution in [3.05, 3.63) is 45.1 Å². The molecule has 6 heteroatoms. The minimum absolute atomic E-state index is 0.332. The molecular weight excluding hydrogens is 331 g/mol. The van der Waals surface area contributed by atoms with Crippen LogP contribution in [0.25, 0.3) is 0 Å². The Morgan fingerprint density at radius 2 is 1.81 bits per heavy atom. The fourth-order valence-electron chi connectivity index (χ4n) is 1.06. The van der Waals surface area contributed by atoms with Gasteiger partial charge in [0, 0.05) is 9.37 Å². The zero-order valence-electron chi connectivity index (χ0n) is 7.82. The molecule has 82 valence electrons. The molecule has 2 nitrogen and oxygen atoms in total. The van der Waals surface area contributed by atoms with Gasteiger partial charge in [-0.1, -0.05) is 47.1 Å². The Morgan fingerprint density at radius 3 is 2.56 bits per heavy atom. The lowest BCUT2D eigenvalue weighted by Gasteiger charge is -2.04. The van der Waals surface area contributed by atoms with E-state index < -0.39 is 0 Å². The van der Waals surface area contributed by atoms with E-state index in [0.29, 0.717) is 10.3 Å². The van der Waals surface area contributed by atoms with Gasteiger partial charge < -0.3 is 0 Å². The molecule has 2 rings (SSSR count). The lowest BCUT2D eigenvalue weighted by atomic mass is 10.4. The van der Waals surface area contributed by atoms with Gasteiger partial charge in [-0.15, -0.1) is 10.2 Å². The van der Waals surface area contributed by atoms with Crippen LogP contribution in [0.3, 0.4) is 0 Å². The van der Waals surface area contributed by atoms with Crippen LogP contribution < -0.4 is 0 Å². The minimum Gasteiger partial charge on any atom is -0.137 e. The lowest BCUT2D eigenvalue weighted by molar-refractivity contribution is 0.998. The third-order valence-electron chi connectivity index (χ3n) is 1.74. The molecule has 16 heavy (non-hydrogen) atoms. The van der Waals surface area contributed by atoms with Crippen molar-refractivity contribution in [2.24, 2.45) is 0 Å². The number of rotatable bonds is 2. The van der Waals surface area contributed by atoms with Crippen LogP contribution >= 0.6 is 50.9 Å². The van der Waals surface area contributed by atoms with Crippen LogP contribution in [0.2, 0.25) is 10.3 Å². The van der Waals surface area contributed by atoms with Crippen molar-refractivity contribution in [1.82, 2.24) is 10.2 Å². The minimum atomic E-state index is 0.332. The smallest absolute Gasteiger partial charge is 0.137 e. The van der Waals surface area contributed by atoms with Crippen LogP contribution in [0.15, 0.2) is 44.6 Å². The summed E-state index contributed by atoms with van der Waals surface area (Å²) in [6.07, 6.45) is 0. The monoisotopic (exact) mass is 334 g/mol. The highest BCUT2D eigenvalue weighted by Crippen LogP contribution is 2.36. The van der Waals surface area contributed by atoms with Crippen molar-refractivity contribution < 1.29 is 0 Å². The molecule has 1 aromatic heterocycles. The van der Waals surface area contributed by atoms with Crippen LogP contribution in [-0.2, 0) is 0 Å². The maximum atomic E-state index is 5.93. The van der Waals surface area contributed by atoms with Crippen LogP contribution in [0.4, 0.5) is 0 Å². The fraction of sp³-hybridized carbons (Fsp3) is 0. The van der Waals surface area contributed by atoms with E-state index in [2.05, 4.69) is 26.1 Å². The third-order valence-corrected chi connectivity index (χ3v) is 4.38. The predicted octanol–water partition coefficient (Wildman–Crippen LogP) is 4.70. The summed E-state index contributed by atoms with van der Waals surface area (Å²) in [6, 6.07) is 9.55. The Bertz CT molecular complexity index is 522. The normalized spacial score (nSPS) is 10.4. The molecule has 0 unspecified atom stereocenters. The SMILES string of the molecule is Clc1cc(Sc2ccccc2Br)c(Cl)nn1. The lowest BCUT2D eigenvalue weighted by Crippen LogP contribution is -1.86. The van der Waals surface area contributed by atoms with E-state index in [4.69, 9.17) is 23.2 Å². The van der Waals surface area contributed by atoms with Crippen LogP contribution in [0, 0.1) is 0 Å². The van der Waals surface area contributed by atoms with Crippen LogP contribution in [0.1, 0.15) is 0 Å². The Kier molecular flexibility index (Phi) is 4.08. The first-order valence-corrected chi connectivity index (χ1v) is 6.64. The van der Waals surface area contributed by atoms with Crippen molar-refractivity contribution in [1.29, 1.82) is 0 Å². The van der Waals surface area contributed by atoms with Crippen molar-refractivity contribution in [2.45, 2.75) is 9.79 Å². The van der Waals surface area contributed by atoms with Gasteiger partial charge in [-0.25, -0.2) is 0 Å². The summed E-state index contributed by atoms with van der Waals surface area (Å²) in [4.78, 5) is 1.84. The number of hydrogen-bond acceptors (Lipinski definition) is 3. The molecule has 0 N–H and O–H groups in total. The molecule has 1 aromatic carbocycles. The highest BCUT2D eigenvalue weighted by molar-refractivity contribution is 9.10. The predicted molar refractivity (Wildman–Crippen MR) is 70.3 cm³/mol. The second kappa shape index (κ2) is 5.36. The quantitative estimate of drug-likeness (QED) is 0.795. The second-order valence-corrected chi connectivity index (χ2v) is 5.54. The fourth-order valence-corrected chi connectivity index (χ4v) is 2.85. The molecule has 0 spiro atoms. The van der Waals surface area contributed by atoms with Gasteiger partial charge in [-0.3, -0.25) is 0 Å². The van der Waals surface area contributed by atoms with Crippen molar-refractivity contribution >= 4 is 50.9 Å². The van der Waals surface area contributed by atoms with Gasteiger partial charge in [-0.2, -0.15) is 0 Å².